The SMILES string of the molecule is [CH3][Sn]([CH3])([CH3])[c]1c(C2=N[C@@H](c3ccccc3)CO2)cccc1C1=N[C@@H](c2ccccc2)CO1. The van der Waals surface area contributed by atoms with Crippen molar-refractivity contribution in [3.63, 3.8) is 0 Å². The molecule has 0 aromatic heterocycles. The van der Waals surface area contributed by atoms with Gasteiger partial charge in [-0.15, -0.1) is 0 Å². The van der Waals surface area contributed by atoms with Gasteiger partial charge in [0.25, 0.3) is 0 Å². The summed E-state index contributed by atoms with van der Waals surface area (Å²) in [4.78, 5) is 17.2. The third-order valence-corrected chi connectivity index (χ3v) is 11.8. The predicted molar refractivity (Wildman–Crippen MR) is 133 cm³/mol. The van der Waals surface area contributed by atoms with Crippen molar-refractivity contribution in [3.05, 3.63) is 101 Å². The van der Waals surface area contributed by atoms with Crippen molar-refractivity contribution in [1.29, 1.82) is 0 Å². The first kappa shape index (κ1) is 21.3. The van der Waals surface area contributed by atoms with Crippen LogP contribution in [0.25, 0.3) is 0 Å². The third kappa shape index (κ3) is 4.20. The number of benzene rings is 3. The molecule has 3 aromatic rings. The monoisotopic (exact) mass is 532 g/mol. The molecule has 0 saturated heterocycles. The van der Waals surface area contributed by atoms with E-state index in [1.165, 1.54) is 14.7 Å². The Morgan fingerprint density at radius 3 is 1.47 bits per heavy atom. The average Bonchev–Trinajstić information content (AvgIpc) is 3.50. The van der Waals surface area contributed by atoms with Gasteiger partial charge in [-0.05, 0) is 0 Å². The molecule has 2 heterocycles. The summed E-state index contributed by atoms with van der Waals surface area (Å²) in [5.41, 5.74) is 4.60. The molecule has 2 atom stereocenters. The standard InChI is InChI=1S/C24H19N2O2.3CH3.Sn/c1-3-8-17(9-4-1)21-15-27-23(25-21)19-12-7-13-20(14-19)24-26-22(16-28-24)18-10-5-2-6-11-18;;;;/h1-13,21-22H,15-16H2;3*1H3;/t21-,22-;;;;/m1..../s1. The molecule has 0 N–H and O–H groups in total. The van der Waals surface area contributed by atoms with Crippen LogP contribution in [-0.4, -0.2) is 43.4 Å². The van der Waals surface area contributed by atoms with E-state index in [1.54, 1.807) is 0 Å². The maximum atomic E-state index is 6.15. The molecule has 5 rings (SSSR count). The summed E-state index contributed by atoms with van der Waals surface area (Å²) >= 11 is -2.62. The van der Waals surface area contributed by atoms with Crippen LogP contribution in [0.15, 0.2) is 88.8 Å². The van der Waals surface area contributed by atoms with Crippen molar-refractivity contribution < 1.29 is 9.47 Å². The number of hydrogen-bond acceptors (Lipinski definition) is 4. The zero-order chi connectivity index (χ0) is 22.1. The second-order valence-corrected chi connectivity index (χ2v) is 23.6. The molecule has 2 aliphatic heterocycles. The maximum absolute atomic E-state index is 6.15. The van der Waals surface area contributed by atoms with E-state index in [-0.39, 0.29) is 12.1 Å². The second-order valence-electron chi connectivity index (χ2n) is 9.32. The molecule has 0 bridgehead atoms. The van der Waals surface area contributed by atoms with Gasteiger partial charge in [0.15, 0.2) is 0 Å². The summed E-state index contributed by atoms with van der Waals surface area (Å²) in [6.45, 7) is 1.16. The van der Waals surface area contributed by atoms with Crippen LogP contribution in [0.1, 0.15) is 34.3 Å². The van der Waals surface area contributed by atoms with E-state index < -0.39 is 18.4 Å². The van der Waals surface area contributed by atoms with E-state index >= 15 is 0 Å². The Balaban J connectivity index is 1.54. The second kappa shape index (κ2) is 8.74. The molecular formula is C27H28N2O2Sn. The predicted octanol–water partition coefficient (Wildman–Crippen LogP) is 5.27. The minimum absolute atomic E-state index is 0.0420. The fourth-order valence-corrected chi connectivity index (χ4v) is 10.1. The summed E-state index contributed by atoms with van der Waals surface area (Å²) in [5.74, 6) is 1.50. The summed E-state index contributed by atoms with van der Waals surface area (Å²) in [6, 6.07) is 27.2. The average molecular weight is 531 g/mol. The van der Waals surface area contributed by atoms with Crippen molar-refractivity contribution in [1.82, 2.24) is 0 Å². The topological polar surface area (TPSA) is 43.2 Å². The summed E-state index contributed by atoms with van der Waals surface area (Å²) < 4.78 is 13.7. The van der Waals surface area contributed by atoms with Gasteiger partial charge in [-0.2, -0.15) is 0 Å². The molecule has 0 fully saturated rings. The molecule has 32 heavy (non-hydrogen) atoms. The molecule has 0 spiro atoms. The van der Waals surface area contributed by atoms with E-state index in [2.05, 4.69) is 81.5 Å². The molecule has 4 nitrogen and oxygen atoms in total. The quantitative estimate of drug-likeness (QED) is 0.422. The molecular weight excluding hydrogens is 503 g/mol. The van der Waals surface area contributed by atoms with Crippen molar-refractivity contribution in [3.8, 4) is 0 Å². The molecule has 2 aliphatic rings. The van der Waals surface area contributed by atoms with Crippen LogP contribution in [-0.2, 0) is 9.47 Å². The number of aliphatic imine (C=N–C) groups is 2. The van der Waals surface area contributed by atoms with Gasteiger partial charge >= 0.3 is 194 Å². The Hall–Kier alpha value is -2.60. The Bertz CT molecular complexity index is 1080. The third-order valence-electron chi connectivity index (χ3n) is 5.95. The van der Waals surface area contributed by atoms with Crippen molar-refractivity contribution in [2.75, 3.05) is 13.2 Å². The van der Waals surface area contributed by atoms with Gasteiger partial charge in [-0.3, -0.25) is 0 Å². The first-order chi connectivity index (χ1) is 15.5. The zero-order valence-electron chi connectivity index (χ0n) is 18.8. The molecule has 0 saturated carbocycles. The van der Waals surface area contributed by atoms with Gasteiger partial charge in [0.2, 0.25) is 0 Å². The fraction of sp³-hybridized carbons (Fsp3) is 0.259. The van der Waals surface area contributed by atoms with Crippen molar-refractivity contribution in [2.24, 2.45) is 9.98 Å². The fourth-order valence-electron chi connectivity index (χ4n) is 4.45. The van der Waals surface area contributed by atoms with Crippen LogP contribution < -0.4 is 3.58 Å². The normalized spacial score (nSPS) is 20.3. The summed E-state index contributed by atoms with van der Waals surface area (Å²) in [7, 11) is 0. The number of hydrogen-bond donors (Lipinski definition) is 0. The molecule has 5 heteroatoms. The van der Waals surface area contributed by atoms with Crippen molar-refractivity contribution >= 4 is 33.8 Å². The first-order valence-corrected chi connectivity index (χ1v) is 21.1. The van der Waals surface area contributed by atoms with E-state index in [9.17, 15) is 0 Å². The van der Waals surface area contributed by atoms with Crippen LogP contribution in [0.2, 0.25) is 14.8 Å². The van der Waals surface area contributed by atoms with E-state index in [1.807, 2.05) is 12.1 Å². The summed E-state index contributed by atoms with van der Waals surface area (Å²) in [6.07, 6.45) is 0. The Kier molecular flexibility index (Phi) is 5.80. The van der Waals surface area contributed by atoms with Crippen LogP contribution in [0, 0.1) is 0 Å². The molecule has 0 aliphatic carbocycles. The van der Waals surface area contributed by atoms with Crippen LogP contribution in [0.3, 0.4) is 0 Å². The molecule has 3 aromatic carbocycles. The van der Waals surface area contributed by atoms with Gasteiger partial charge < -0.3 is 0 Å². The number of nitrogens with zero attached hydrogens (tertiary/aromatic N) is 2. The molecule has 0 radical (unpaired) electrons. The Labute approximate surface area is 193 Å². The molecule has 162 valence electrons. The number of ether oxygens (including phenoxy) is 2. The van der Waals surface area contributed by atoms with Gasteiger partial charge in [-0.25, -0.2) is 0 Å². The van der Waals surface area contributed by atoms with Crippen LogP contribution in [0.5, 0.6) is 0 Å². The van der Waals surface area contributed by atoms with Gasteiger partial charge in [0.1, 0.15) is 0 Å². The van der Waals surface area contributed by atoms with E-state index in [0.29, 0.717) is 13.2 Å². The Morgan fingerprint density at radius 1 is 0.625 bits per heavy atom. The van der Waals surface area contributed by atoms with Crippen LogP contribution in [0.4, 0.5) is 0 Å². The number of rotatable bonds is 5. The van der Waals surface area contributed by atoms with Gasteiger partial charge in [0, 0.05) is 0 Å². The molecule has 0 amide bonds. The van der Waals surface area contributed by atoms with E-state index in [4.69, 9.17) is 19.5 Å². The van der Waals surface area contributed by atoms with E-state index in [0.717, 1.165) is 22.9 Å². The minimum atomic E-state index is -2.62. The van der Waals surface area contributed by atoms with Gasteiger partial charge in [0.05, 0.1) is 0 Å². The van der Waals surface area contributed by atoms with Crippen molar-refractivity contribution in [2.45, 2.75) is 26.9 Å². The molecule has 0 unspecified atom stereocenters. The van der Waals surface area contributed by atoms with Gasteiger partial charge in [-0.1, -0.05) is 0 Å². The summed E-state index contributed by atoms with van der Waals surface area (Å²) in [5, 5.41) is 0. The van der Waals surface area contributed by atoms with Crippen LogP contribution >= 0.6 is 0 Å². The Morgan fingerprint density at radius 2 is 1.06 bits per heavy atom. The first-order valence-electron chi connectivity index (χ1n) is 11.2. The zero-order valence-corrected chi connectivity index (χ0v) is 21.6.